The standard InChI is InChI=1S/C13H11ClF5NO/c14-9-4-1-3-8(7-9)10-5-2-6-20(10)11(21)12(15,16)13(17,18)19/h1,3-4,7,10H,2,5-6H2. The average Bonchev–Trinajstić information content (AvgIpc) is 2.85. The Balaban J connectivity index is 2.29. The third-order valence-electron chi connectivity index (χ3n) is 3.37. The Morgan fingerprint density at radius 1 is 1.24 bits per heavy atom. The number of hydrogen-bond donors (Lipinski definition) is 0. The Labute approximate surface area is 122 Å². The first kappa shape index (κ1) is 16.0. The Morgan fingerprint density at radius 2 is 1.90 bits per heavy atom. The van der Waals surface area contributed by atoms with Gasteiger partial charge in [0.05, 0.1) is 6.04 Å². The first-order valence-electron chi connectivity index (χ1n) is 6.15. The van der Waals surface area contributed by atoms with Gasteiger partial charge in [0.15, 0.2) is 0 Å². The van der Waals surface area contributed by atoms with Crippen LogP contribution in [0.2, 0.25) is 5.02 Å². The molecule has 1 unspecified atom stereocenters. The van der Waals surface area contributed by atoms with Gasteiger partial charge in [-0.2, -0.15) is 22.0 Å². The summed E-state index contributed by atoms with van der Waals surface area (Å²) in [5, 5.41) is 0.328. The van der Waals surface area contributed by atoms with E-state index >= 15 is 0 Å². The van der Waals surface area contributed by atoms with E-state index in [0.717, 1.165) is 0 Å². The molecule has 0 spiro atoms. The van der Waals surface area contributed by atoms with Gasteiger partial charge in [-0.15, -0.1) is 0 Å². The van der Waals surface area contributed by atoms with Crippen LogP contribution in [0.25, 0.3) is 0 Å². The lowest BCUT2D eigenvalue weighted by atomic mass is 10.0. The fourth-order valence-electron chi connectivity index (χ4n) is 2.37. The van der Waals surface area contributed by atoms with Gasteiger partial charge in [0, 0.05) is 11.6 Å². The maximum Gasteiger partial charge on any atom is 0.463 e. The number of benzene rings is 1. The maximum atomic E-state index is 13.2. The second kappa shape index (κ2) is 5.44. The van der Waals surface area contributed by atoms with Crippen LogP contribution in [-0.4, -0.2) is 29.5 Å². The minimum atomic E-state index is -5.90. The van der Waals surface area contributed by atoms with Gasteiger partial charge in [-0.1, -0.05) is 23.7 Å². The Hall–Kier alpha value is -1.37. The van der Waals surface area contributed by atoms with Crippen LogP contribution in [0.4, 0.5) is 22.0 Å². The second-order valence-corrected chi connectivity index (χ2v) is 5.22. The summed E-state index contributed by atoms with van der Waals surface area (Å²) in [4.78, 5) is 12.2. The normalized spacial score (nSPS) is 19.9. The highest BCUT2D eigenvalue weighted by Gasteiger charge is 2.65. The van der Waals surface area contributed by atoms with E-state index in [-0.39, 0.29) is 6.54 Å². The van der Waals surface area contributed by atoms with Gasteiger partial charge in [-0.25, -0.2) is 0 Å². The van der Waals surface area contributed by atoms with Crippen LogP contribution in [0.3, 0.4) is 0 Å². The lowest BCUT2D eigenvalue weighted by molar-refractivity contribution is -0.274. The smallest absolute Gasteiger partial charge is 0.330 e. The van der Waals surface area contributed by atoms with E-state index in [1.807, 2.05) is 0 Å². The molecular weight excluding hydrogens is 317 g/mol. The SMILES string of the molecule is O=C(N1CCCC1c1cccc(Cl)c1)C(F)(F)C(F)(F)F. The molecule has 0 aromatic heterocycles. The molecular formula is C13H11ClF5NO. The molecule has 1 atom stereocenters. The number of alkyl halides is 5. The van der Waals surface area contributed by atoms with Crippen LogP contribution in [0, 0.1) is 0 Å². The summed E-state index contributed by atoms with van der Waals surface area (Å²) < 4.78 is 63.3. The van der Waals surface area contributed by atoms with Crippen LogP contribution in [-0.2, 0) is 4.79 Å². The molecule has 1 fully saturated rings. The minimum Gasteiger partial charge on any atom is -0.330 e. The van der Waals surface area contributed by atoms with Gasteiger partial charge < -0.3 is 4.90 Å². The van der Waals surface area contributed by atoms with Crippen molar-refractivity contribution in [3.05, 3.63) is 34.9 Å². The molecule has 2 rings (SSSR count). The molecule has 1 aromatic carbocycles. The molecule has 1 saturated heterocycles. The van der Waals surface area contributed by atoms with Crippen molar-refractivity contribution < 1.29 is 26.7 Å². The third kappa shape index (κ3) is 2.97. The van der Waals surface area contributed by atoms with Crippen LogP contribution in [0.15, 0.2) is 24.3 Å². The fraction of sp³-hybridized carbons (Fsp3) is 0.462. The van der Waals surface area contributed by atoms with Crippen molar-refractivity contribution in [1.82, 2.24) is 4.90 Å². The Kier molecular flexibility index (Phi) is 4.15. The summed E-state index contributed by atoms with van der Waals surface area (Å²) >= 11 is 5.78. The number of likely N-dealkylation sites (tertiary alicyclic amines) is 1. The topological polar surface area (TPSA) is 20.3 Å². The highest BCUT2D eigenvalue weighted by molar-refractivity contribution is 6.30. The number of carbonyl (C=O) groups excluding carboxylic acids is 1. The largest absolute Gasteiger partial charge is 0.463 e. The van der Waals surface area contributed by atoms with Crippen LogP contribution >= 0.6 is 11.6 Å². The zero-order chi connectivity index (χ0) is 15.8. The molecule has 1 aliphatic rings. The number of amides is 1. The number of hydrogen-bond acceptors (Lipinski definition) is 1. The highest BCUT2D eigenvalue weighted by Crippen LogP contribution is 2.41. The molecule has 1 amide bonds. The lowest BCUT2D eigenvalue weighted by Gasteiger charge is -2.29. The minimum absolute atomic E-state index is 0.137. The molecule has 1 heterocycles. The Bertz CT molecular complexity index is 546. The molecule has 1 aromatic rings. The predicted molar refractivity (Wildman–Crippen MR) is 66.1 cm³/mol. The van der Waals surface area contributed by atoms with E-state index in [0.29, 0.717) is 28.3 Å². The van der Waals surface area contributed by atoms with E-state index in [4.69, 9.17) is 11.6 Å². The lowest BCUT2D eigenvalue weighted by Crippen LogP contribution is -2.51. The average molecular weight is 328 g/mol. The van der Waals surface area contributed by atoms with Crippen molar-refractivity contribution in [3.63, 3.8) is 0 Å². The molecule has 0 saturated carbocycles. The van der Waals surface area contributed by atoms with E-state index in [2.05, 4.69) is 0 Å². The number of halogens is 6. The summed E-state index contributed by atoms with van der Waals surface area (Å²) in [6, 6.07) is 5.30. The number of rotatable bonds is 2. The molecule has 21 heavy (non-hydrogen) atoms. The first-order chi connectivity index (χ1) is 9.64. The van der Waals surface area contributed by atoms with Crippen LogP contribution in [0.1, 0.15) is 24.4 Å². The Morgan fingerprint density at radius 3 is 2.48 bits per heavy atom. The van der Waals surface area contributed by atoms with E-state index in [1.54, 1.807) is 18.2 Å². The van der Waals surface area contributed by atoms with Gasteiger partial charge in [0.2, 0.25) is 0 Å². The van der Waals surface area contributed by atoms with Gasteiger partial charge in [0.1, 0.15) is 0 Å². The molecule has 0 aliphatic carbocycles. The van der Waals surface area contributed by atoms with Gasteiger partial charge in [0.25, 0.3) is 0 Å². The summed E-state index contributed by atoms with van der Waals surface area (Å²) in [6.45, 7) is -0.137. The van der Waals surface area contributed by atoms with Crippen LogP contribution in [0.5, 0.6) is 0 Å². The highest BCUT2D eigenvalue weighted by atomic mass is 35.5. The summed E-state index contributed by atoms with van der Waals surface area (Å²) in [6.07, 6.45) is -5.22. The summed E-state index contributed by atoms with van der Waals surface area (Å²) in [5.41, 5.74) is 0.450. The van der Waals surface area contributed by atoms with Crippen molar-refractivity contribution in [1.29, 1.82) is 0 Å². The van der Waals surface area contributed by atoms with Crippen molar-refractivity contribution in [2.45, 2.75) is 31.0 Å². The van der Waals surface area contributed by atoms with Gasteiger partial charge in [-0.3, -0.25) is 4.79 Å². The quantitative estimate of drug-likeness (QED) is 0.745. The molecule has 0 radical (unpaired) electrons. The van der Waals surface area contributed by atoms with E-state index in [9.17, 15) is 26.7 Å². The zero-order valence-electron chi connectivity index (χ0n) is 10.6. The van der Waals surface area contributed by atoms with Crippen LogP contribution < -0.4 is 0 Å². The van der Waals surface area contributed by atoms with Crippen molar-refractivity contribution in [3.8, 4) is 0 Å². The number of nitrogens with zero attached hydrogens (tertiary/aromatic N) is 1. The van der Waals surface area contributed by atoms with E-state index in [1.165, 1.54) is 6.07 Å². The van der Waals surface area contributed by atoms with Gasteiger partial charge >= 0.3 is 18.0 Å². The second-order valence-electron chi connectivity index (χ2n) is 4.78. The molecule has 116 valence electrons. The maximum absolute atomic E-state index is 13.2. The zero-order valence-corrected chi connectivity index (χ0v) is 11.4. The van der Waals surface area contributed by atoms with Gasteiger partial charge in [-0.05, 0) is 30.5 Å². The monoisotopic (exact) mass is 327 g/mol. The molecule has 0 N–H and O–H groups in total. The number of carbonyl (C=O) groups is 1. The van der Waals surface area contributed by atoms with Crippen molar-refractivity contribution >= 4 is 17.5 Å². The molecule has 1 aliphatic heterocycles. The predicted octanol–water partition coefficient (Wildman–Crippen LogP) is 4.20. The molecule has 0 bridgehead atoms. The fourth-order valence-corrected chi connectivity index (χ4v) is 2.57. The van der Waals surface area contributed by atoms with Crippen molar-refractivity contribution in [2.24, 2.45) is 0 Å². The van der Waals surface area contributed by atoms with E-state index < -0.39 is 24.0 Å². The molecule has 2 nitrogen and oxygen atoms in total. The molecule has 8 heteroatoms. The third-order valence-corrected chi connectivity index (χ3v) is 3.61. The first-order valence-corrected chi connectivity index (χ1v) is 6.53. The summed E-state index contributed by atoms with van der Waals surface area (Å²) in [7, 11) is 0. The van der Waals surface area contributed by atoms with Crippen molar-refractivity contribution in [2.75, 3.05) is 6.54 Å². The summed E-state index contributed by atoms with van der Waals surface area (Å²) in [5.74, 6) is -7.59.